The molecule has 94 valence electrons. The van der Waals surface area contributed by atoms with Gasteiger partial charge in [0.1, 0.15) is 0 Å². The van der Waals surface area contributed by atoms with Crippen LogP contribution in [0.25, 0.3) is 0 Å². The van der Waals surface area contributed by atoms with Gasteiger partial charge in [-0.3, -0.25) is 0 Å². The highest BCUT2D eigenvalue weighted by molar-refractivity contribution is 9.10. The molecule has 0 unspecified atom stereocenters. The molecule has 1 aromatic heterocycles. The normalized spacial score (nSPS) is 18.1. The van der Waals surface area contributed by atoms with Crippen LogP contribution in [-0.4, -0.2) is 53.5 Å². The van der Waals surface area contributed by atoms with Crippen molar-refractivity contribution in [2.24, 2.45) is 0 Å². The highest BCUT2D eigenvalue weighted by Crippen LogP contribution is 2.13. The molecule has 0 aliphatic carbocycles. The molecule has 1 saturated heterocycles. The van der Waals surface area contributed by atoms with Crippen LogP contribution < -0.4 is 4.90 Å². The molecule has 1 aliphatic heterocycles. The molecule has 1 aromatic rings. The van der Waals surface area contributed by atoms with Gasteiger partial charge in [-0.15, -0.1) is 11.6 Å². The smallest absolute Gasteiger partial charge is 0.225 e. The van der Waals surface area contributed by atoms with Gasteiger partial charge in [-0.05, 0) is 28.9 Å². The molecule has 0 N–H and O–H groups in total. The zero-order valence-electron chi connectivity index (χ0n) is 9.65. The Bertz CT molecular complexity index is 346. The number of halogens is 2. The lowest BCUT2D eigenvalue weighted by atomic mass is 10.4. The monoisotopic (exact) mass is 318 g/mol. The lowest BCUT2D eigenvalue weighted by Crippen LogP contribution is -2.32. The summed E-state index contributed by atoms with van der Waals surface area (Å²) in [5, 5.41) is 0. The number of aromatic nitrogens is 2. The second-order valence-corrected chi connectivity index (χ2v) is 5.37. The van der Waals surface area contributed by atoms with E-state index in [0.717, 1.165) is 49.6 Å². The topological polar surface area (TPSA) is 32.3 Å². The van der Waals surface area contributed by atoms with Crippen molar-refractivity contribution in [3.05, 3.63) is 16.9 Å². The quantitative estimate of drug-likeness (QED) is 0.798. The summed E-state index contributed by atoms with van der Waals surface area (Å²) in [4.78, 5) is 13.3. The van der Waals surface area contributed by atoms with Crippen LogP contribution in [0.1, 0.15) is 6.42 Å². The molecule has 0 saturated carbocycles. The fourth-order valence-electron chi connectivity index (χ4n) is 1.98. The molecule has 6 heteroatoms. The second kappa shape index (κ2) is 6.52. The number of hydrogen-bond acceptors (Lipinski definition) is 4. The van der Waals surface area contributed by atoms with Gasteiger partial charge in [-0.25, -0.2) is 9.97 Å². The lowest BCUT2D eigenvalue weighted by molar-refractivity contribution is 0.311. The Morgan fingerprint density at radius 3 is 2.65 bits per heavy atom. The second-order valence-electron chi connectivity index (χ2n) is 4.07. The summed E-state index contributed by atoms with van der Waals surface area (Å²) in [6.45, 7) is 5.10. The van der Waals surface area contributed by atoms with E-state index in [1.165, 1.54) is 0 Å². The summed E-state index contributed by atoms with van der Waals surface area (Å²) >= 11 is 9.12. The number of alkyl halides is 1. The van der Waals surface area contributed by atoms with Crippen molar-refractivity contribution in [3.8, 4) is 0 Å². The van der Waals surface area contributed by atoms with Crippen molar-refractivity contribution >= 4 is 33.5 Å². The number of anilines is 1. The maximum Gasteiger partial charge on any atom is 0.225 e. The van der Waals surface area contributed by atoms with Crippen molar-refractivity contribution in [1.82, 2.24) is 14.9 Å². The van der Waals surface area contributed by atoms with Gasteiger partial charge in [0.05, 0.1) is 4.47 Å². The van der Waals surface area contributed by atoms with Crippen LogP contribution in [0.4, 0.5) is 5.95 Å². The molecule has 2 heterocycles. The van der Waals surface area contributed by atoms with Gasteiger partial charge in [0.25, 0.3) is 0 Å². The standard InChI is InChI=1S/C11H16BrClN4/c12-10-8-14-11(15-9-10)17-4-1-3-16(5-2-13)6-7-17/h8-9H,1-7H2. The zero-order valence-corrected chi connectivity index (χ0v) is 12.0. The average Bonchev–Trinajstić information content (AvgIpc) is 2.56. The summed E-state index contributed by atoms with van der Waals surface area (Å²) in [6.07, 6.45) is 4.73. The van der Waals surface area contributed by atoms with E-state index < -0.39 is 0 Å². The van der Waals surface area contributed by atoms with E-state index in [-0.39, 0.29) is 0 Å². The van der Waals surface area contributed by atoms with E-state index in [0.29, 0.717) is 5.88 Å². The largest absolute Gasteiger partial charge is 0.339 e. The van der Waals surface area contributed by atoms with Crippen molar-refractivity contribution in [2.45, 2.75) is 6.42 Å². The van der Waals surface area contributed by atoms with Gasteiger partial charge >= 0.3 is 0 Å². The molecule has 4 nitrogen and oxygen atoms in total. The summed E-state index contributed by atoms with van der Waals surface area (Å²) < 4.78 is 0.917. The average molecular weight is 320 g/mol. The molecule has 1 aliphatic rings. The first-order valence-electron chi connectivity index (χ1n) is 5.80. The summed E-state index contributed by atoms with van der Waals surface area (Å²) in [5.41, 5.74) is 0. The lowest BCUT2D eigenvalue weighted by Gasteiger charge is -2.21. The summed E-state index contributed by atoms with van der Waals surface area (Å²) in [7, 11) is 0. The summed E-state index contributed by atoms with van der Waals surface area (Å²) in [6, 6.07) is 0. The fraction of sp³-hybridized carbons (Fsp3) is 0.636. The van der Waals surface area contributed by atoms with Gasteiger partial charge in [0.2, 0.25) is 5.95 Å². The Balaban J connectivity index is 1.96. The van der Waals surface area contributed by atoms with Crippen LogP contribution in [0, 0.1) is 0 Å². The van der Waals surface area contributed by atoms with E-state index in [1.807, 2.05) is 0 Å². The minimum absolute atomic E-state index is 0.703. The highest BCUT2D eigenvalue weighted by Gasteiger charge is 2.16. The molecule has 0 amide bonds. The van der Waals surface area contributed by atoms with Crippen LogP contribution in [0.5, 0.6) is 0 Å². The minimum Gasteiger partial charge on any atom is -0.339 e. The Hall–Kier alpha value is -0.390. The molecule has 1 fully saturated rings. The van der Waals surface area contributed by atoms with Crippen molar-refractivity contribution in [3.63, 3.8) is 0 Å². The molecular weight excluding hydrogens is 304 g/mol. The van der Waals surface area contributed by atoms with Crippen LogP contribution >= 0.6 is 27.5 Å². The van der Waals surface area contributed by atoms with E-state index in [2.05, 4.69) is 35.7 Å². The first-order chi connectivity index (χ1) is 8.29. The van der Waals surface area contributed by atoms with E-state index in [4.69, 9.17) is 11.6 Å². The third-order valence-corrected chi connectivity index (χ3v) is 3.46. The van der Waals surface area contributed by atoms with Gasteiger partial charge in [-0.2, -0.15) is 0 Å². The third-order valence-electron chi connectivity index (χ3n) is 2.88. The van der Waals surface area contributed by atoms with Crippen LogP contribution in [0.3, 0.4) is 0 Å². The van der Waals surface area contributed by atoms with Crippen LogP contribution in [0.2, 0.25) is 0 Å². The Labute approximate surface area is 115 Å². The molecule has 0 radical (unpaired) electrons. The molecule has 2 rings (SSSR count). The Morgan fingerprint density at radius 1 is 1.18 bits per heavy atom. The fourth-order valence-corrected chi connectivity index (χ4v) is 2.43. The van der Waals surface area contributed by atoms with Gasteiger partial charge < -0.3 is 9.80 Å². The van der Waals surface area contributed by atoms with Gasteiger partial charge in [-0.1, -0.05) is 0 Å². The van der Waals surface area contributed by atoms with Gasteiger partial charge in [0, 0.05) is 44.5 Å². The van der Waals surface area contributed by atoms with Crippen LogP contribution in [-0.2, 0) is 0 Å². The van der Waals surface area contributed by atoms with Gasteiger partial charge in [0.15, 0.2) is 0 Å². The Morgan fingerprint density at radius 2 is 1.94 bits per heavy atom. The maximum atomic E-state index is 5.77. The maximum absolute atomic E-state index is 5.77. The minimum atomic E-state index is 0.703. The number of hydrogen-bond donors (Lipinski definition) is 0. The predicted molar refractivity (Wildman–Crippen MR) is 73.7 cm³/mol. The molecule has 0 spiro atoms. The SMILES string of the molecule is ClCCN1CCCN(c2ncc(Br)cn2)CC1. The van der Waals surface area contributed by atoms with Crippen LogP contribution in [0.15, 0.2) is 16.9 Å². The Kier molecular flexibility index (Phi) is 5.00. The first kappa shape index (κ1) is 13.1. The van der Waals surface area contributed by atoms with E-state index in [9.17, 15) is 0 Å². The molecule has 0 atom stereocenters. The molecule has 17 heavy (non-hydrogen) atoms. The van der Waals surface area contributed by atoms with Crippen molar-refractivity contribution in [2.75, 3.05) is 43.5 Å². The molecule has 0 bridgehead atoms. The van der Waals surface area contributed by atoms with Crippen molar-refractivity contribution in [1.29, 1.82) is 0 Å². The first-order valence-corrected chi connectivity index (χ1v) is 7.13. The molecular formula is C11H16BrClN4. The highest BCUT2D eigenvalue weighted by atomic mass is 79.9. The van der Waals surface area contributed by atoms with E-state index >= 15 is 0 Å². The zero-order chi connectivity index (χ0) is 12.1. The molecule has 0 aromatic carbocycles. The number of rotatable bonds is 3. The van der Waals surface area contributed by atoms with Crippen molar-refractivity contribution < 1.29 is 0 Å². The summed E-state index contributed by atoms with van der Waals surface area (Å²) in [5.74, 6) is 1.52. The predicted octanol–water partition coefficient (Wildman–Crippen LogP) is 1.99. The third kappa shape index (κ3) is 3.79. The number of nitrogens with zero attached hydrogens (tertiary/aromatic N) is 4. The van der Waals surface area contributed by atoms with E-state index in [1.54, 1.807) is 12.4 Å².